The van der Waals surface area contributed by atoms with Crippen LogP contribution in [0.25, 0.3) is 5.82 Å². The van der Waals surface area contributed by atoms with Crippen molar-refractivity contribution in [2.75, 3.05) is 0 Å². The van der Waals surface area contributed by atoms with Crippen LogP contribution in [-0.4, -0.2) is 19.7 Å². The molecular weight excluding hydrogens is 220 g/mol. The van der Waals surface area contributed by atoms with Crippen LogP contribution in [0, 0.1) is 0 Å². The summed E-state index contributed by atoms with van der Waals surface area (Å²) in [7, 11) is 0. The van der Waals surface area contributed by atoms with E-state index in [-0.39, 0.29) is 0 Å². The van der Waals surface area contributed by atoms with Crippen molar-refractivity contribution in [2.24, 2.45) is 0 Å². The monoisotopic (exact) mass is 224 g/mol. The zero-order valence-corrected chi connectivity index (χ0v) is 7.64. The van der Waals surface area contributed by atoms with Crippen LogP contribution < -0.4 is 0 Å². The third-order valence-corrected chi connectivity index (χ3v) is 1.80. The minimum Gasteiger partial charge on any atom is -0.223 e. The second-order valence-corrected chi connectivity index (χ2v) is 2.97. The van der Waals surface area contributed by atoms with Crippen LogP contribution in [0.5, 0.6) is 0 Å². The number of rotatable bonds is 1. The predicted octanol–water partition coefficient (Wildman–Crippen LogP) is 1.42. The molecule has 2 heterocycles. The first-order valence-corrected chi connectivity index (χ1v) is 4.13. The van der Waals surface area contributed by atoms with Crippen LogP contribution in [0.15, 0.2) is 35.5 Å². The van der Waals surface area contributed by atoms with E-state index in [1.807, 2.05) is 18.2 Å². The first-order chi connectivity index (χ1) is 5.86. The fraction of sp³-hybridized carbons (Fsp3) is 0. The van der Waals surface area contributed by atoms with Gasteiger partial charge in [-0.3, -0.25) is 0 Å². The molecule has 0 radical (unpaired) electrons. The molecule has 0 N–H and O–H groups in total. The molecule has 0 saturated heterocycles. The maximum Gasteiger partial charge on any atom is 0.156 e. The Kier molecular flexibility index (Phi) is 1.87. The Morgan fingerprint density at radius 3 is 2.92 bits per heavy atom. The second kappa shape index (κ2) is 3.02. The van der Waals surface area contributed by atoms with Crippen LogP contribution in [0.1, 0.15) is 0 Å². The lowest BCUT2D eigenvalue weighted by molar-refractivity contribution is 0.842. The number of halogens is 1. The van der Waals surface area contributed by atoms with Gasteiger partial charge in [0, 0.05) is 0 Å². The number of pyridine rings is 1. The van der Waals surface area contributed by atoms with Gasteiger partial charge in [0.1, 0.15) is 17.3 Å². The Labute approximate surface area is 77.4 Å². The summed E-state index contributed by atoms with van der Waals surface area (Å²) in [6.07, 6.45) is 3.08. The fourth-order valence-electron chi connectivity index (χ4n) is 0.852. The molecule has 60 valence electrons. The summed E-state index contributed by atoms with van der Waals surface area (Å²) in [5.41, 5.74) is 0. The molecule has 0 unspecified atom stereocenters. The molecule has 4 nitrogen and oxygen atoms in total. The van der Waals surface area contributed by atoms with Gasteiger partial charge in [-0.15, -0.1) is 0 Å². The van der Waals surface area contributed by atoms with Crippen molar-refractivity contribution in [1.82, 2.24) is 19.7 Å². The average Bonchev–Trinajstić information content (AvgIpc) is 2.56. The van der Waals surface area contributed by atoms with Crippen molar-refractivity contribution < 1.29 is 0 Å². The maximum absolute atomic E-state index is 4.19. The summed E-state index contributed by atoms with van der Waals surface area (Å²) in [5.74, 6) is 0.752. The normalized spacial score (nSPS) is 10.1. The van der Waals surface area contributed by atoms with E-state index < -0.39 is 0 Å². The lowest BCUT2D eigenvalue weighted by Crippen LogP contribution is -1.96. The summed E-state index contributed by atoms with van der Waals surface area (Å²) < 4.78 is 2.39. The van der Waals surface area contributed by atoms with Crippen molar-refractivity contribution in [2.45, 2.75) is 0 Å². The van der Waals surface area contributed by atoms with Gasteiger partial charge in [-0.2, -0.15) is 5.10 Å². The summed E-state index contributed by atoms with van der Waals surface area (Å²) in [5, 5.41) is 3.95. The molecular formula is C7H5BrN4. The third kappa shape index (κ3) is 1.35. The van der Waals surface area contributed by atoms with Gasteiger partial charge < -0.3 is 0 Å². The highest BCUT2D eigenvalue weighted by atomic mass is 79.9. The smallest absolute Gasteiger partial charge is 0.156 e. The van der Waals surface area contributed by atoms with E-state index in [9.17, 15) is 0 Å². The molecule has 0 aliphatic heterocycles. The molecule has 0 bridgehead atoms. The molecule has 5 heteroatoms. The molecule has 2 aromatic heterocycles. The summed E-state index contributed by atoms with van der Waals surface area (Å²) >= 11 is 3.28. The Balaban J connectivity index is 2.48. The van der Waals surface area contributed by atoms with Crippen LogP contribution in [-0.2, 0) is 0 Å². The molecule has 12 heavy (non-hydrogen) atoms. The quantitative estimate of drug-likeness (QED) is 0.689. The molecule has 0 aromatic carbocycles. The summed E-state index contributed by atoms with van der Waals surface area (Å²) in [4.78, 5) is 8.02. The largest absolute Gasteiger partial charge is 0.223 e. The summed E-state index contributed by atoms with van der Waals surface area (Å²) in [6.45, 7) is 0. The van der Waals surface area contributed by atoms with E-state index in [1.165, 1.54) is 6.33 Å². The van der Waals surface area contributed by atoms with Crippen molar-refractivity contribution in [1.29, 1.82) is 0 Å². The van der Waals surface area contributed by atoms with Crippen molar-refractivity contribution in [3.05, 3.63) is 35.5 Å². The number of aromatic nitrogens is 4. The topological polar surface area (TPSA) is 43.6 Å². The van der Waals surface area contributed by atoms with Crippen LogP contribution >= 0.6 is 15.9 Å². The van der Waals surface area contributed by atoms with E-state index in [1.54, 1.807) is 11.0 Å². The third-order valence-electron chi connectivity index (χ3n) is 1.35. The second-order valence-electron chi connectivity index (χ2n) is 2.16. The Morgan fingerprint density at radius 2 is 2.25 bits per heavy atom. The molecule has 0 saturated carbocycles. The molecule has 0 amide bonds. The molecule has 0 fully saturated rings. The van der Waals surface area contributed by atoms with Crippen LogP contribution in [0.3, 0.4) is 0 Å². The van der Waals surface area contributed by atoms with Gasteiger partial charge in [0.25, 0.3) is 0 Å². The van der Waals surface area contributed by atoms with E-state index in [0.29, 0.717) is 0 Å². The van der Waals surface area contributed by atoms with Crippen molar-refractivity contribution >= 4 is 15.9 Å². The summed E-state index contributed by atoms with van der Waals surface area (Å²) in [6, 6.07) is 5.62. The predicted molar refractivity (Wildman–Crippen MR) is 46.9 cm³/mol. The van der Waals surface area contributed by atoms with Gasteiger partial charge in [0.15, 0.2) is 5.82 Å². The van der Waals surface area contributed by atoms with E-state index in [4.69, 9.17) is 0 Å². The highest BCUT2D eigenvalue weighted by molar-refractivity contribution is 9.10. The average molecular weight is 225 g/mol. The molecule has 0 aliphatic rings. The number of hydrogen-bond acceptors (Lipinski definition) is 3. The Morgan fingerprint density at radius 1 is 1.33 bits per heavy atom. The SMILES string of the molecule is Brc1cccc(-n2cncn2)n1. The molecule has 2 rings (SSSR count). The molecule has 0 atom stereocenters. The highest BCUT2D eigenvalue weighted by Gasteiger charge is 1.97. The van der Waals surface area contributed by atoms with Crippen LogP contribution in [0.4, 0.5) is 0 Å². The van der Waals surface area contributed by atoms with E-state index >= 15 is 0 Å². The minimum absolute atomic E-state index is 0.752. The minimum atomic E-state index is 0.752. The van der Waals surface area contributed by atoms with Crippen molar-refractivity contribution in [3.63, 3.8) is 0 Å². The zero-order chi connectivity index (χ0) is 8.39. The van der Waals surface area contributed by atoms with Gasteiger partial charge in [-0.25, -0.2) is 14.6 Å². The molecule has 0 spiro atoms. The standard InChI is InChI=1S/C7H5BrN4/c8-6-2-1-3-7(11-6)12-5-9-4-10-12/h1-5H. The first kappa shape index (κ1) is 7.42. The molecule has 2 aromatic rings. The zero-order valence-electron chi connectivity index (χ0n) is 6.05. The lowest BCUT2D eigenvalue weighted by Gasteiger charge is -1.97. The lowest BCUT2D eigenvalue weighted by atomic mass is 10.5. The number of nitrogens with zero attached hydrogens (tertiary/aromatic N) is 4. The van der Waals surface area contributed by atoms with Gasteiger partial charge in [0.2, 0.25) is 0 Å². The van der Waals surface area contributed by atoms with Gasteiger partial charge in [-0.1, -0.05) is 6.07 Å². The first-order valence-electron chi connectivity index (χ1n) is 3.34. The maximum atomic E-state index is 4.19. The molecule has 0 aliphatic carbocycles. The number of hydrogen-bond donors (Lipinski definition) is 0. The van der Waals surface area contributed by atoms with E-state index in [2.05, 4.69) is 31.0 Å². The van der Waals surface area contributed by atoms with Gasteiger partial charge >= 0.3 is 0 Å². The fourth-order valence-corrected chi connectivity index (χ4v) is 1.19. The Bertz CT molecular complexity index is 371. The van der Waals surface area contributed by atoms with E-state index in [0.717, 1.165) is 10.4 Å². The van der Waals surface area contributed by atoms with Gasteiger partial charge in [-0.05, 0) is 28.1 Å². The Hall–Kier alpha value is -1.23. The van der Waals surface area contributed by atoms with Crippen LogP contribution in [0.2, 0.25) is 0 Å². The van der Waals surface area contributed by atoms with Crippen molar-refractivity contribution in [3.8, 4) is 5.82 Å². The highest BCUT2D eigenvalue weighted by Crippen LogP contribution is 2.08. The van der Waals surface area contributed by atoms with Gasteiger partial charge in [0.05, 0.1) is 0 Å².